The zero-order valence-corrected chi connectivity index (χ0v) is 7.44. The molecule has 66 valence electrons. The molecule has 0 amide bonds. The number of fused-ring (bicyclic) bond motifs is 1. The minimum absolute atomic E-state index is 0.0818. The Morgan fingerprint density at radius 1 is 1.54 bits per heavy atom. The quantitative estimate of drug-likeness (QED) is 0.709. The van der Waals surface area contributed by atoms with Crippen molar-refractivity contribution in [3.63, 3.8) is 0 Å². The molecule has 0 saturated carbocycles. The van der Waals surface area contributed by atoms with Crippen LogP contribution in [-0.4, -0.2) is 10.1 Å². The van der Waals surface area contributed by atoms with Gasteiger partial charge in [-0.1, -0.05) is 6.58 Å². The zero-order valence-electron chi connectivity index (χ0n) is 6.62. The third-order valence-electron chi connectivity index (χ3n) is 1.60. The summed E-state index contributed by atoms with van der Waals surface area (Å²) in [5, 5.41) is 9.48. The van der Waals surface area contributed by atoms with E-state index in [1.807, 2.05) is 0 Å². The van der Waals surface area contributed by atoms with Crippen LogP contribution in [0.15, 0.2) is 24.8 Å². The van der Waals surface area contributed by atoms with Crippen LogP contribution in [0.3, 0.4) is 0 Å². The van der Waals surface area contributed by atoms with Crippen LogP contribution < -0.4 is 0 Å². The summed E-state index contributed by atoms with van der Waals surface area (Å²) in [5.74, 6) is -0.408. The van der Waals surface area contributed by atoms with Crippen molar-refractivity contribution < 1.29 is 9.50 Å². The Balaban J connectivity index is 2.68. The standard InChI is InChI=1S/C9H6FNOS/c1-5(12)9-11-7-4-6(10)2-3-8(7)13-9/h2-4,12H,1H2. The molecule has 0 atom stereocenters. The van der Waals surface area contributed by atoms with Gasteiger partial charge >= 0.3 is 0 Å². The highest BCUT2D eigenvalue weighted by Gasteiger charge is 2.05. The molecule has 2 aromatic rings. The summed E-state index contributed by atoms with van der Waals surface area (Å²) in [6, 6.07) is 4.33. The molecule has 2 nitrogen and oxygen atoms in total. The number of aromatic nitrogens is 1. The summed E-state index contributed by atoms with van der Waals surface area (Å²) in [6.07, 6.45) is 0. The third kappa shape index (κ3) is 1.40. The predicted molar refractivity (Wildman–Crippen MR) is 51.2 cm³/mol. The van der Waals surface area contributed by atoms with Crippen LogP contribution >= 0.6 is 11.3 Å². The fraction of sp³-hybridized carbons (Fsp3) is 0. The van der Waals surface area contributed by atoms with E-state index in [1.54, 1.807) is 6.07 Å². The SMILES string of the molecule is C=C(O)c1nc2cc(F)ccc2s1. The summed E-state index contributed by atoms with van der Waals surface area (Å²) >= 11 is 1.29. The monoisotopic (exact) mass is 195 g/mol. The van der Waals surface area contributed by atoms with Gasteiger partial charge in [0.1, 0.15) is 11.6 Å². The minimum Gasteiger partial charge on any atom is -0.505 e. The van der Waals surface area contributed by atoms with Crippen LogP contribution in [0, 0.1) is 5.82 Å². The summed E-state index contributed by atoms with van der Waals surface area (Å²) < 4.78 is 13.6. The molecule has 0 aliphatic rings. The maximum Gasteiger partial charge on any atom is 0.158 e. The lowest BCUT2D eigenvalue weighted by atomic mass is 10.3. The van der Waals surface area contributed by atoms with Gasteiger partial charge in [0.05, 0.1) is 10.2 Å². The molecule has 0 radical (unpaired) electrons. The Labute approximate surface area is 78.0 Å². The molecule has 0 aliphatic heterocycles. The second-order valence-corrected chi connectivity index (χ2v) is 3.61. The van der Waals surface area contributed by atoms with Gasteiger partial charge in [0, 0.05) is 6.07 Å². The van der Waals surface area contributed by atoms with E-state index >= 15 is 0 Å². The highest BCUT2D eigenvalue weighted by molar-refractivity contribution is 7.19. The Kier molecular flexibility index (Phi) is 1.77. The molecule has 0 spiro atoms. The van der Waals surface area contributed by atoms with Crippen molar-refractivity contribution in [3.05, 3.63) is 35.6 Å². The van der Waals surface area contributed by atoms with E-state index in [2.05, 4.69) is 11.6 Å². The smallest absolute Gasteiger partial charge is 0.158 e. The average Bonchev–Trinajstić information content (AvgIpc) is 2.46. The third-order valence-corrected chi connectivity index (χ3v) is 2.68. The Morgan fingerprint density at radius 3 is 3.00 bits per heavy atom. The maximum atomic E-state index is 12.7. The molecule has 2 rings (SSSR count). The highest BCUT2D eigenvalue weighted by Crippen LogP contribution is 2.25. The summed E-state index contributed by atoms with van der Waals surface area (Å²) in [7, 11) is 0. The fourth-order valence-electron chi connectivity index (χ4n) is 1.02. The number of aliphatic hydroxyl groups is 1. The molecule has 0 unspecified atom stereocenters. The van der Waals surface area contributed by atoms with Gasteiger partial charge in [-0.2, -0.15) is 0 Å². The van der Waals surface area contributed by atoms with E-state index in [0.29, 0.717) is 10.5 Å². The number of thiazole rings is 1. The molecule has 1 heterocycles. The number of benzene rings is 1. The lowest BCUT2D eigenvalue weighted by Gasteiger charge is -1.85. The number of rotatable bonds is 1. The van der Waals surface area contributed by atoms with Crippen molar-refractivity contribution >= 4 is 27.3 Å². The van der Waals surface area contributed by atoms with Crippen molar-refractivity contribution in [2.75, 3.05) is 0 Å². The predicted octanol–water partition coefficient (Wildman–Crippen LogP) is 2.96. The van der Waals surface area contributed by atoms with Gasteiger partial charge < -0.3 is 5.11 Å². The van der Waals surface area contributed by atoms with Gasteiger partial charge in [0.15, 0.2) is 5.01 Å². The number of hydrogen-bond acceptors (Lipinski definition) is 3. The number of nitrogens with zero attached hydrogens (tertiary/aromatic N) is 1. The van der Waals surface area contributed by atoms with E-state index in [-0.39, 0.29) is 11.6 Å². The summed E-state index contributed by atoms with van der Waals surface area (Å²) in [5.41, 5.74) is 0.551. The topological polar surface area (TPSA) is 33.1 Å². The summed E-state index contributed by atoms with van der Waals surface area (Å²) in [4.78, 5) is 4.00. The average molecular weight is 195 g/mol. The first-order valence-electron chi connectivity index (χ1n) is 3.61. The van der Waals surface area contributed by atoms with Gasteiger partial charge in [0.25, 0.3) is 0 Å². The summed E-state index contributed by atoms with van der Waals surface area (Å²) in [6.45, 7) is 3.35. The van der Waals surface area contributed by atoms with Crippen molar-refractivity contribution in [1.29, 1.82) is 0 Å². The zero-order chi connectivity index (χ0) is 9.42. The van der Waals surface area contributed by atoms with E-state index in [0.717, 1.165) is 4.70 Å². The van der Waals surface area contributed by atoms with Crippen LogP contribution in [0.1, 0.15) is 5.01 Å². The van der Waals surface area contributed by atoms with Crippen LogP contribution in [0.4, 0.5) is 4.39 Å². The second-order valence-electron chi connectivity index (χ2n) is 2.58. The van der Waals surface area contributed by atoms with Crippen LogP contribution in [0.5, 0.6) is 0 Å². The van der Waals surface area contributed by atoms with Gasteiger partial charge in [-0.3, -0.25) is 0 Å². The lowest BCUT2D eigenvalue weighted by Crippen LogP contribution is -1.77. The van der Waals surface area contributed by atoms with Gasteiger partial charge in [-0.15, -0.1) is 11.3 Å². The number of halogens is 1. The molecule has 1 aromatic heterocycles. The molecule has 0 aliphatic carbocycles. The molecule has 4 heteroatoms. The van der Waals surface area contributed by atoms with Gasteiger partial charge in [-0.25, -0.2) is 9.37 Å². The number of hydrogen-bond donors (Lipinski definition) is 1. The molecule has 0 fully saturated rings. The fourth-order valence-corrected chi connectivity index (χ4v) is 1.84. The first kappa shape index (κ1) is 8.19. The van der Waals surface area contributed by atoms with E-state index in [1.165, 1.54) is 23.5 Å². The molecule has 1 N–H and O–H groups in total. The first-order chi connectivity index (χ1) is 6.16. The van der Waals surface area contributed by atoms with Crippen molar-refractivity contribution in [3.8, 4) is 0 Å². The molecule has 0 bridgehead atoms. The Bertz CT molecular complexity index is 477. The normalized spacial score (nSPS) is 10.5. The first-order valence-corrected chi connectivity index (χ1v) is 4.43. The molecule has 0 saturated heterocycles. The second kappa shape index (κ2) is 2.81. The van der Waals surface area contributed by atoms with E-state index in [9.17, 15) is 4.39 Å². The minimum atomic E-state index is -0.326. The van der Waals surface area contributed by atoms with Crippen LogP contribution in [0.2, 0.25) is 0 Å². The Morgan fingerprint density at radius 2 is 2.31 bits per heavy atom. The number of aliphatic hydroxyl groups excluding tert-OH is 1. The molecular weight excluding hydrogens is 189 g/mol. The Hall–Kier alpha value is -1.42. The highest BCUT2D eigenvalue weighted by atomic mass is 32.1. The van der Waals surface area contributed by atoms with Crippen molar-refractivity contribution in [1.82, 2.24) is 4.98 Å². The van der Waals surface area contributed by atoms with Gasteiger partial charge in [-0.05, 0) is 12.1 Å². The lowest BCUT2D eigenvalue weighted by molar-refractivity contribution is 0.513. The largest absolute Gasteiger partial charge is 0.505 e. The van der Waals surface area contributed by atoms with Crippen molar-refractivity contribution in [2.24, 2.45) is 0 Å². The molecule has 1 aromatic carbocycles. The molecule has 13 heavy (non-hydrogen) atoms. The maximum absolute atomic E-state index is 12.7. The van der Waals surface area contributed by atoms with Gasteiger partial charge in [0.2, 0.25) is 0 Å². The van der Waals surface area contributed by atoms with E-state index in [4.69, 9.17) is 5.11 Å². The molecular formula is C9H6FNOS. The van der Waals surface area contributed by atoms with Crippen LogP contribution in [0.25, 0.3) is 16.0 Å². The van der Waals surface area contributed by atoms with Crippen molar-refractivity contribution in [2.45, 2.75) is 0 Å². The van der Waals surface area contributed by atoms with Crippen LogP contribution in [-0.2, 0) is 0 Å². The van der Waals surface area contributed by atoms with E-state index < -0.39 is 0 Å².